The van der Waals surface area contributed by atoms with Crippen molar-refractivity contribution in [3.8, 4) is 11.5 Å². The second-order valence-electron chi connectivity index (χ2n) is 7.84. The number of hydrogen-bond donors (Lipinski definition) is 2. The molecule has 0 aliphatic carbocycles. The molecule has 2 rings (SSSR count). The molecule has 1 heterocycles. The molecule has 1 unspecified atom stereocenters. The van der Waals surface area contributed by atoms with Crippen LogP contribution in [-0.2, 0) is 11.3 Å². The molecule has 0 spiro atoms. The van der Waals surface area contributed by atoms with Crippen LogP contribution in [0.15, 0.2) is 23.2 Å². The predicted molar refractivity (Wildman–Crippen MR) is 129 cm³/mol. The summed E-state index contributed by atoms with van der Waals surface area (Å²) in [6.07, 6.45) is -4.33. The quantitative estimate of drug-likeness (QED) is 0.268. The van der Waals surface area contributed by atoms with Gasteiger partial charge >= 0.3 is 6.18 Å². The fourth-order valence-electron chi connectivity index (χ4n) is 3.30. The standard InChI is InChI=1S/C21H33F3N4O3.HI/c1-15(2)12-28-7-8-30-17(13-28)11-27-20(25-3)26-10-16-5-6-18(19(9-16)29-4)31-14-21(22,23)24;/h5-6,9,15,17H,7-8,10-14H2,1-4H3,(H2,25,26,27);1H. The minimum atomic E-state index is -4.41. The molecule has 32 heavy (non-hydrogen) atoms. The van der Waals surface area contributed by atoms with Crippen LogP contribution in [0.3, 0.4) is 0 Å². The number of alkyl halides is 3. The van der Waals surface area contributed by atoms with Crippen LogP contribution in [0.5, 0.6) is 11.5 Å². The van der Waals surface area contributed by atoms with Crippen molar-refractivity contribution in [1.82, 2.24) is 15.5 Å². The number of nitrogens with zero attached hydrogens (tertiary/aromatic N) is 2. The first-order valence-corrected chi connectivity index (χ1v) is 10.3. The van der Waals surface area contributed by atoms with Gasteiger partial charge in [-0.25, -0.2) is 0 Å². The zero-order valence-corrected chi connectivity index (χ0v) is 21.3. The van der Waals surface area contributed by atoms with E-state index in [1.54, 1.807) is 19.2 Å². The van der Waals surface area contributed by atoms with Crippen LogP contribution < -0.4 is 20.1 Å². The summed E-state index contributed by atoms with van der Waals surface area (Å²) >= 11 is 0. The minimum Gasteiger partial charge on any atom is -0.493 e. The van der Waals surface area contributed by atoms with E-state index in [1.807, 2.05) is 0 Å². The van der Waals surface area contributed by atoms with E-state index in [1.165, 1.54) is 13.2 Å². The second-order valence-corrected chi connectivity index (χ2v) is 7.84. The summed E-state index contributed by atoms with van der Waals surface area (Å²) in [6, 6.07) is 4.79. The summed E-state index contributed by atoms with van der Waals surface area (Å²) in [7, 11) is 3.07. The number of guanidine groups is 1. The normalized spacial score (nSPS) is 17.6. The lowest BCUT2D eigenvalue weighted by Crippen LogP contribution is -2.50. The van der Waals surface area contributed by atoms with Crippen molar-refractivity contribution in [3.63, 3.8) is 0 Å². The lowest BCUT2D eigenvalue weighted by molar-refractivity contribution is -0.153. The molecule has 184 valence electrons. The summed E-state index contributed by atoms with van der Waals surface area (Å²) in [6.45, 7) is 7.69. The Morgan fingerprint density at radius 3 is 2.66 bits per heavy atom. The Balaban J connectivity index is 0.00000512. The van der Waals surface area contributed by atoms with Crippen LogP contribution in [0, 0.1) is 5.92 Å². The average Bonchev–Trinajstić information content (AvgIpc) is 2.71. The van der Waals surface area contributed by atoms with Gasteiger partial charge < -0.3 is 24.8 Å². The van der Waals surface area contributed by atoms with Gasteiger partial charge in [-0.1, -0.05) is 19.9 Å². The van der Waals surface area contributed by atoms with Crippen molar-refractivity contribution in [1.29, 1.82) is 0 Å². The molecular weight excluding hydrogens is 540 g/mol. The summed E-state index contributed by atoms with van der Waals surface area (Å²) in [4.78, 5) is 6.62. The average molecular weight is 574 g/mol. The number of morpholine rings is 1. The van der Waals surface area contributed by atoms with Gasteiger partial charge in [0.2, 0.25) is 0 Å². The molecular formula is C21H34F3IN4O3. The summed E-state index contributed by atoms with van der Waals surface area (Å²) in [5.41, 5.74) is 0.816. The molecule has 0 radical (unpaired) electrons. The fourth-order valence-corrected chi connectivity index (χ4v) is 3.30. The Morgan fingerprint density at radius 1 is 1.28 bits per heavy atom. The van der Waals surface area contributed by atoms with Gasteiger partial charge in [0.25, 0.3) is 0 Å². The first-order chi connectivity index (χ1) is 14.7. The van der Waals surface area contributed by atoms with Crippen molar-refractivity contribution in [2.45, 2.75) is 32.7 Å². The second kappa shape index (κ2) is 13.9. The highest BCUT2D eigenvalue weighted by molar-refractivity contribution is 14.0. The van der Waals surface area contributed by atoms with E-state index in [2.05, 4.69) is 34.4 Å². The first kappa shape index (κ1) is 28.6. The maximum absolute atomic E-state index is 12.4. The van der Waals surface area contributed by atoms with E-state index in [-0.39, 0.29) is 41.6 Å². The van der Waals surface area contributed by atoms with Crippen molar-refractivity contribution in [3.05, 3.63) is 23.8 Å². The van der Waals surface area contributed by atoms with Gasteiger partial charge in [0.1, 0.15) is 0 Å². The molecule has 11 heteroatoms. The Kier molecular flexibility index (Phi) is 12.4. The van der Waals surface area contributed by atoms with Gasteiger partial charge in [-0.15, -0.1) is 24.0 Å². The molecule has 1 aromatic rings. The monoisotopic (exact) mass is 574 g/mol. The maximum Gasteiger partial charge on any atom is 0.422 e. The number of halogens is 4. The molecule has 0 saturated carbocycles. The molecule has 1 aliphatic rings. The van der Waals surface area contributed by atoms with Crippen molar-refractivity contribution < 1.29 is 27.4 Å². The molecule has 1 saturated heterocycles. The zero-order valence-electron chi connectivity index (χ0n) is 19.0. The molecule has 7 nitrogen and oxygen atoms in total. The largest absolute Gasteiger partial charge is 0.493 e. The molecule has 0 amide bonds. The smallest absolute Gasteiger partial charge is 0.422 e. The van der Waals surface area contributed by atoms with Crippen molar-refractivity contribution >= 4 is 29.9 Å². The van der Waals surface area contributed by atoms with E-state index in [9.17, 15) is 13.2 Å². The molecule has 1 atom stereocenters. The van der Waals surface area contributed by atoms with Gasteiger partial charge in [0.05, 0.1) is 19.8 Å². The van der Waals surface area contributed by atoms with E-state index in [0.29, 0.717) is 31.6 Å². The third-order valence-corrected chi connectivity index (χ3v) is 4.65. The number of rotatable bonds is 9. The number of hydrogen-bond acceptors (Lipinski definition) is 5. The zero-order chi connectivity index (χ0) is 22.9. The van der Waals surface area contributed by atoms with Crippen LogP contribution in [0.4, 0.5) is 13.2 Å². The highest BCUT2D eigenvalue weighted by Gasteiger charge is 2.29. The lowest BCUT2D eigenvalue weighted by atomic mass is 10.2. The predicted octanol–water partition coefficient (Wildman–Crippen LogP) is 3.28. The van der Waals surface area contributed by atoms with Gasteiger partial charge in [0.15, 0.2) is 24.1 Å². The van der Waals surface area contributed by atoms with E-state index < -0.39 is 12.8 Å². The highest BCUT2D eigenvalue weighted by Crippen LogP contribution is 2.29. The Morgan fingerprint density at radius 2 is 2.03 bits per heavy atom. The van der Waals surface area contributed by atoms with Crippen LogP contribution in [-0.4, -0.2) is 76.7 Å². The topological polar surface area (TPSA) is 67.4 Å². The fraction of sp³-hybridized carbons (Fsp3) is 0.667. The number of methoxy groups -OCH3 is 1. The number of benzene rings is 1. The van der Waals surface area contributed by atoms with E-state index >= 15 is 0 Å². The van der Waals surface area contributed by atoms with Gasteiger partial charge in [-0.2, -0.15) is 13.2 Å². The van der Waals surface area contributed by atoms with Gasteiger partial charge in [-0.3, -0.25) is 9.89 Å². The van der Waals surface area contributed by atoms with Gasteiger partial charge in [0, 0.05) is 39.8 Å². The SMILES string of the molecule is CN=C(NCc1ccc(OCC(F)(F)F)c(OC)c1)NCC1CN(CC(C)C)CCO1.I. The molecule has 1 aliphatic heterocycles. The third-order valence-electron chi connectivity index (χ3n) is 4.65. The van der Waals surface area contributed by atoms with Crippen molar-refractivity contribution in [2.24, 2.45) is 10.9 Å². The van der Waals surface area contributed by atoms with Crippen LogP contribution in [0.2, 0.25) is 0 Å². The number of nitrogens with one attached hydrogen (secondary N) is 2. The van der Waals surface area contributed by atoms with Crippen molar-refractivity contribution in [2.75, 3.05) is 53.6 Å². The first-order valence-electron chi connectivity index (χ1n) is 10.3. The van der Waals surface area contributed by atoms with E-state index in [4.69, 9.17) is 14.2 Å². The summed E-state index contributed by atoms with van der Waals surface area (Å²) in [5, 5.41) is 6.46. The number of aliphatic imine (C=N–C) groups is 1. The number of ether oxygens (including phenoxy) is 3. The molecule has 0 bridgehead atoms. The molecule has 1 aromatic carbocycles. The molecule has 0 aromatic heterocycles. The Labute approximate surface area is 205 Å². The van der Waals surface area contributed by atoms with Crippen LogP contribution in [0.25, 0.3) is 0 Å². The van der Waals surface area contributed by atoms with E-state index in [0.717, 1.165) is 25.2 Å². The minimum absolute atomic E-state index is 0. The third kappa shape index (κ3) is 10.4. The van der Waals surface area contributed by atoms with Crippen LogP contribution >= 0.6 is 24.0 Å². The van der Waals surface area contributed by atoms with Gasteiger partial charge in [-0.05, 0) is 23.6 Å². The Bertz CT molecular complexity index is 720. The lowest BCUT2D eigenvalue weighted by Gasteiger charge is -2.34. The molecule has 2 N–H and O–H groups in total. The highest BCUT2D eigenvalue weighted by atomic mass is 127. The summed E-state index contributed by atoms with van der Waals surface area (Å²) < 4.78 is 53.0. The molecule has 1 fully saturated rings. The van der Waals surface area contributed by atoms with Crippen LogP contribution in [0.1, 0.15) is 19.4 Å². The Hall–Kier alpha value is -1.47. The summed E-state index contributed by atoms with van der Waals surface area (Å²) in [5.74, 6) is 1.52. The maximum atomic E-state index is 12.4.